The van der Waals surface area contributed by atoms with Crippen molar-refractivity contribution in [2.45, 2.75) is 121 Å². The number of esters is 1. The van der Waals surface area contributed by atoms with Gasteiger partial charge in [-0.1, -0.05) is 76.5 Å². The van der Waals surface area contributed by atoms with Gasteiger partial charge in [-0.05, 0) is 38.2 Å². The molecule has 0 aromatic carbocycles. The molecule has 1 rings (SSSR count). The lowest BCUT2D eigenvalue weighted by molar-refractivity contribution is -0.156. The van der Waals surface area contributed by atoms with Gasteiger partial charge in [0.2, 0.25) is 0 Å². The number of unbranched alkanes of at least 4 members (excludes halogenated alkanes) is 11. The molecule has 1 aromatic heterocycles. The number of carbonyl (C=O) groups is 2. The van der Waals surface area contributed by atoms with Crippen LogP contribution in [0.4, 0.5) is 0 Å². The van der Waals surface area contributed by atoms with Crippen molar-refractivity contribution in [3.8, 4) is 0 Å². The Hall–Kier alpha value is -2.33. The second-order valence-electron chi connectivity index (χ2n) is 9.32. The number of ether oxygens (including phenoxy) is 1. The first-order chi connectivity index (χ1) is 18.3. The zero-order chi connectivity index (χ0) is 28.4. The van der Waals surface area contributed by atoms with Gasteiger partial charge in [0.05, 0.1) is 6.26 Å². The zero-order valence-corrected chi connectivity index (χ0v) is 22.8. The van der Waals surface area contributed by atoms with Gasteiger partial charge in [-0.25, -0.2) is 4.79 Å². The summed E-state index contributed by atoms with van der Waals surface area (Å²) in [5.41, 5.74) is -0.303. The molecule has 0 aliphatic rings. The molecule has 9 nitrogen and oxygen atoms in total. The molecule has 4 atom stereocenters. The fraction of sp³-hybridized carbons (Fsp3) is 0.690. The molecule has 1 heterocycles. The maximum absolute atomic E-state index is 11.7. The van der Waals surface area contributed by atoms with Crippen molar-refractivity contribution in [2.24, 2.45) is 0 Å². The molecule has 9 heteroatoms. The third kappa shape index (κ3) is 20.7. The SMILES string of the molecule is CCCCCCCCC=CCCCCCCCC(=O)OC[C@@H](O)[C@@H](O)[C@H](O)[C@@H](O)C=O.O=c1cccco1. The Balaban J connectivity index is 0.00000167. The Bertz CT molecular complexity index is 760. The van der Waals surface area contributed by atoms with Crippen LogP contribution >= 0.6 is 0 Å². The van der Waals surface area contributed by atoms with E-state index in [0.717, 1.165) is 32.1 Å². The largest absolute Gasteiger partial charge is 0.463 e. The lowest BCUT2D eigenvalue weighted by atomic mass is 10.0. The highest BCUT2D eigenvalue weighted by atomic mass is 16.5. The van der Waals surface area contributed by atoms with Gasteiger partial charge in [0, 0.05) is 12.5 Å². The number of hydrogen-bond acceptors (Lipinski definition) is 9. The van der Waals surface area contributed by atoms with E-state index in [1.165, 1.54) is 57.3 Å². The Kier molecular flexibility index (Phi) is 23.4. The first-order valence-corrected chi connectivity index (χ1v) is 13.9. The summed E-state index contributed by atoms with van der Waals surface area (Å²) in [6.45, 7) is 1.73. The van der Waals surface area contributed by atoms with E-state index in [4.69, 9.17) is 9.84 Å². The molecule has 218 valence electrons. The maximum Gasteiger partial charge on any atom is 0.335 e. The monoisotopic (exact) mass is 540 g/mol. The van der Waals surface area contributed by atoms with Crippen LogP contribution in [0.15, 0.2) is 45.8 Å². The van der Waals surface area contributed by atoms with Gasteiger partial charge in [-0.2, -0.15) is 0 Å². The highest BCUT2D eigenvalue weighted by Gasteiger charge is 2.30. The van der Waals surface area contributed by atoms with Crippen molar-refractivity contribution < 1.29 is 39.2 Å². The molecule has 0 bridgehead atoms. The Morgan fingerprint density at radius 1 is 0.868 bits per heavy atom. The minimum absolute atomic E-state index is 0.0549. The normalized spacial score (nSPS) is 14.2. The van der Waals surface area contributed by atoms with Crippen LogP contribution < -0.4 is 5.63 Å². The van der Waals surface area contributed by atoms with E-state index < -0.39 is 37.0 Å². The lowest BCUT2D eigenvalue weighted by Crippen LogP contribution is -2.46. The first kappa shape index (κ1) is 35.7. The zero-order valence-electron chi connectivity index (χ0n) is 22.8. The van der Waals surface area contributed by atoms with Gasteiger partial charge in [-0.3, -0.25) is 4.79 Å². The lowest BCUT2D eigenvalue weighted by Gasteiger charge is -2.23. The van der Waals surface area contributed by atoms with Crippen molar-refractivity contribution in [1.29, 1.82) is 0 Å². The third-order valence-electron chi connectivity index (χ3n) is 5.90. The summed E-state index contributed by atoms with van der Waals surface area (Å²) in [5, 5.41) is 37.8. The van der Waals surface area contributed by atoms with Crippen LogP contribution in [0.2, 0.25) is 0 Å². The van der Waals surface area contributed by atoms with E-state index >= 15 is 0 Å². The predicted octanol–water partition coefficient (Wildman–Crippen LogP) is 3.85. The summed E-state index contributed by atoms with van der Waals surface area (Å²) in [5.74, 6) is -0.491. The average Bonchev–Trinajstić information content (AvgIpc) is 2.93. The number of hydrogen-bond donors (Lipinski definition) is 4. The molecular formula is C29H48O9. The summed E-state index contributed by atoms with van der Waals surface area (Å²) in [4.78, 5) is 32.1. The van der Waals surface area contributed by atoms with E-state index in [1.54, 1.807) is 12.1 Å². The van der Waals surface area contributed by atoms with E-state index in [-0.39, 0.29) is 18.3 Å². The molecule has 0 aliphatic carbocycles. The second kappa shape index (κ2) is 25.0. The molecule has 0 amide bonds. The highest BCUT2D eigenvalue weighted by Crippen LogP contribution is 2.11. The van der Waals surface area contributed by atoms with Crippen LogP contribution in [0.1, 0.15) is 96.8 Å². The molecule has 0 radical (unpaired) electrons. The molecule has 0 fully saturated rings. The number of rotatable bonds is 21. The third-order valence-corrected chi connectivity index (χ3v) is 5.90. The quantitative estimate of drug-likeness (QED) is 0.0787. The maximum atomic E-state index is 11.7. The van der Waals surface area contributed by atoms with Gasteiger partial charge in [0.15, 0.2) is 6.29 Å². The van der Waals surface area contributed by atoms with Crippen LogP contribution in [0.25, 0.3) is 0 Å². The van der Waals surface area contributed by atoms with Gasteiger partial charge >= 0.3 is 11.6 Å². The Morgan fingerprint density at radius 2 is 1.45 bits per heavy atom. The highest BCUT2D eigenvalue weighted by molar-refractivity contribution is 5.69. The number of aliphatic hydroxyl groups excluding tert-OH is 4. The summed E-state index contributed by atoms with van der Waals surface area (Å²) in [6.07, 6.45) is 14.4. The summed E-state index contributed by atoms with van der Waals surface area (Å²) in [7, 11) is 0. The van der Waals surface area contributed by atoms with Crippen molar-refractivity contribution >= 4 is 12.3 Å². The minimum Gasteiger partial charge on any atom is -0.463 e. The predicted molar refractivity (Wildman–Crippen MR) is 145 cm³/mol. The van der Waals surface area contributed by atoms with Crippen LogP contribution in [0.5, 0.6) is 0 Å². The molecule has 4 N–H and O–H groups in total. The summed E-state index contributed by atoms with van der Waals surface area (Å²) in [6, 6.07) is 4.65. The van der Waals surface area contributed by atoms with Crippen molar-refractivity contribution in [2.75, 3.05) is 6.61 Å². The molecule has 38 heavy (non-hydrogen) atoms. The van der Waals surface area contributed by atoms with Crippen molar-refractivity contribution in [1.82, 2.24) is 0 Å². The number of allylic oxidation sites excluding steroid dienone is 2. The van der Waals surface area contributed by atoms with Gasteiger partial charge in [-0.15, -0.1) is 0 Å². The minimum atomic E-state index is -1.84. The number of aliphatic hydroxyl groups is 4. The Labute approximate surface area is 226 Å². The van der Waals surface area contributed by atoms with Gasteiger partial charge in [0.25, 0.3) is 0 Å². The number of aldehydes is 1. The fourth-order valence-corrected chi connectivity index (χ4v) is 3.52. The molecule has 0 aliphatic heterocycles. The van der Waals surface area contributed by atoms with Gasteiger partial charge in [0.1, 0.15) is 31.0 Å². The molecule has 0 unspecified atom stereocenters. The fourth-order valence-electron chi connectivity index (χ4n) is 3.52. The molecule has 0 saturated heterocycles. The number of carbonyl (C=O) groups excluding carboxylic acids is 2. The van der Waals surface area contributed by atoms with E-state index in [1.807, 2.05) is 0 Å². The van der Waals surface area contributed by atoms with Crippen LogP contribution in [-0.2, 0) is 14.3 Å². The first-order valence-electron chi connectivity index (χ1n) is 13.9. The van der Waals surface area contributed by atoms with Crippen LogP contribution in [-0.4, -0.2) is 63.7 Å². The molecule has 1 aromatic rings. The topological polar surface area (TPSA) is 154 Å². The van der Waals surface area contributed by atoms with Gasteiger partial charge < -0.3 is 34.4 Å². The standard InChI is InChI=1S/C24H44O7.C5H4O2/c1-2-3-4-5-6-7-8-9-10-11-12-13-14-15-16-17-22(28)31-19-21(27)24(30)23(29)20(26)18-25;6-5-3-1-2-4-7-5/h9-10,18,20-21,23-24,26-27,29-30H,2-8,11-17,19H2,1H3;1-4H/t20-,21+,23+,24+;/m0./s1. The molecule has 0 spiro atoms. The van der Waals surface area contributed by atoms with Crippen molar-refractivity contribution in [3.05, 3.63) is 47.0 Å². The molecule has 0 saturated carbocycles. The smallest absolute Gasteiger partial charge is 0.335 e. The average molecular weight is 541 g/mol. The Morgan fingerprint density at radius 3 is 1.95 bits per heavy atom. The van der Waals surface area contributed by atoms with Crippen LogP contribution in [0, 0.1) is 0 Å². The van der Waals surface area contributed by atoms with E-state index in [0.29, 0.717) is 6.42 Å². The summed E-state index contributed by atoms with van der Waals surface area (Å²) >= 11 is 0. The van der Waals surface area contributed by atoms with Crippen LogP contribution in [0.3, 0.4) is 0 Å². The second-order valence-corrected chi connectivity index (χ2v) is 9.32. The van der Waals surface area contributed by atoms with Crippen molar-refractivity contribution in [3.63, 3.8) is 0 Å². The summed E-state index contributed by atoms with van der Waals surface area (Å²) < 4.78 is 9.24. The van der Waals surface area contributed by atoms with E-state index in [2.05, 4.69) is 23.5 Å². The molecular weight excluding hydrogens is 492 g/mol. The van der Waals surface area contributed by atoms with E-state index in [9.17, 15) is 29.7 Å².